The number of hydrogen-bond donors (Lipinski definition) is 1. The van der Waals surface area contributed by atoms with Crippen molar-refractivity contribution in [3.8, 4) is 11.5 Å². The van der Waals surface area contributed by atoms with Gasteiger partial charge in [0.25, 0.3) is 5.91 Å². The topological polar surface area (TPSA) is 54.0 Å². The zero-order valence-corrected chi connectivity index (χ0v) is 17.9. The number of rotatable bonds is 7. The maximum atomic E-state index is 12.4. The summed E-state index contributed by atoms with van der Waals surface area (Å²) < 4.78 is 11.2. The number of piperazine rings is 1. The summed E-state index contributed by atoms with van der Waals surface area (Å²) in [6, 6.07) is 13.6. The van der Waals surface area contributed by atoms with E-state index in [0.29, 0.717) is 17.9 Å². The minimum absolute atomic E-state index is 0.0948. The first-order valence-corrected chi connectivity index (χ1v) is 10.1. The van der Waals surface area contributed by atoms with Gasteiger partial charge in [0, 0.05) is 49.4 Å². The Balaban J connectivity index is 1.43. The summed E-state index contributed by atoms with van der Waals surface area (Å²) in [7, 11) is 3.27. The second-order valence-corrected chi connectivity index (χ2v) is 7.48. The van der Waals surface area contributed by atoms with Gasteiger partial charge in [-0.1, -0.05) is 0 Å². The van der Waals surface area contributed by atoms with Crippen LogP contribution in [0.2, 0.25) is 0 Å². The number of halogens is 1. The van der Waals surface area contributed by atoms with E-state index in [0.717, 1.165) is 42.9 Å². The molecule has 0 aliphatic carbocycles. The summed E-state index contributed by atoms with van der Waals surface area (Å²) in [6.45, 7) is 5.35. The van der Waals surface area contributed by atoms with E-state index in [1.165, 1.54) is 5.69 Å². The molecule has 0 unspecified atom stereocenters. The fourth-order valence-corrected chi connectivity index (χ4v) is 3.68. The molecule has 1 amide bonds. The van der Waals surface area contributed by atoms with Gasteiger partial charge in [0.1, 0.15) is 11.5 Å². The molecule has 1 heterocycles. The molecule has 0 saturated carbocycles. The van der Waals surface area contributed by atoms with Crippen molar-refractivity contribution < 1.29 is 14.3 Å². The third-order valence-corrected chi connectivity index (χ3v) is 5.63. The quantitative estimate of drug-likeness (QED) is 0.706. The number of ether oxygens (including phenoxy) is 2. The largest absolute Gasteiger partial charge is 0.497 e. The van der Waals surface area contributed by atoms with E-state index in [9.17, 15) is 4.79 Å². The molecular weight excluding hydrogens is 422 g/mol. The van der Waals surface area contributed by atoms with E-state index < -0.39 is 0 Å². The highest BCUT2D eigenvalue weighted by atomic mass is 79.9. The van der Waals surface area contributed by atoms with Crippen molar-refractivity contribution in [3.05, 3.63) is 52.5 Å². The van der Waals surface area contributed by atoms with Crippen LogP contribution in [0.1, 0.15) is 10.4 Å². The fraction of sp³-hybridized carbons (Fsp3) is 0.381. The molecule has 150 valence electrons. The highest BCUT2D eigenvalue weighted by Gasteiger charge is 2.17. The van der Waals surface area contributed by atoms with Gasteiger partial charge < -0.3 is 19.7 Å². The first kappa shape index (κ1) is 20.5. The number of methoxy groups -OCH3 is 2. The number of benzene rings is 2. The van der Waals surface area contributed by atoms with E-state index >= 15 is 0 Å². The molecule has 1 aliphatic rings. The number of carbonyl (C=O) groups is 1. The summed E-state index contributed by atoms with van der Waals surface area (Å²) in [5, 5.41) is 3.00. The van der Waals surface area contributed by atoms with E-state index in [4.69, 9.17) is 9.47 Å². The van der Waals surface area contributed by atoms with E-state index in [1.807, 2.05) is 24.3 Å². The average Bonchev–Trinajstić information content (AvgIpc) is 2.74. The van der Waals surface area contributed by atoms with Crippen molar-refractivity contribution in [1.82, 2.24) is 10.2 Å². The molecule has 6 nitrogen and oxygen atoms in total. The summed E-state index contributed by atoms with van der Waals surface area (Å²) >= 11 is 3.43. The molecule has 1 N–H and O–H groups in total. The summed E-state index contributed by atoms with van der Waals surface area (Å²) in [5.41, 5.74) is 1.81. The highest BCUT2D eigenvalue weighted by molar-refractivity contribution is 9.10. The molecule has 0 radical (unpaired) electrons. The van der Waals surface area contributed by atoms with Crippen LogP contribution in [0.4, 0.5) is 5.69 Å². The zero-order chi connectivity index (χ0) is 19.9. The number of nitrogens with zero attached hydrogens (tertiary/aromatic N) is 2. The standard InChI is InChI=1S/C21H26BrN3O3/c1-27-17-5-3-16(4-6-17)25-13-11-24(12-14-25)10-9-23-21(26)19-15-18(28-2)7-8-20(19)22/h3-8,15H,9-14H2,1-2H3,(H,23,26). The van der Waals surface area contributed by atoms with Crippen molar-refractivity contribution in [2.24, 2.45) is 0 Å². The lowest BCUT2D eigenvalue weighted by molar-refractivity contribution is 0.0946. The molecule has 0 bridgehead atoms. The molecule has 2 aromatic rings. The third-order valence-electron chi connectivity index (χ3n) is 4.94. The first-order chi connectivity index (χ1) is 13.6. The number of amides is 1. The fourth-order valence-electron chi connectivity index (χ4n) is 3.25. The molecule has 0 spiro atoms. The van der Waals surface area contributed by atoms with E-state index in [-0.39, 0.29) is 5.91 Å². The number of carbonyl (C=O) groups excluding carboxylic acids is 1. The van der Waals surface area contributed by atoms with E-state index in [1.54, 1.807) is 20.3 Å². The van der Waals surface area contributed by atoms with Gasteiger partial charge in [0.2, 0.25) is 0 Å². The van der Waals surface area contributed by atoms with Crippen molar-refractivity contribution in [1.29, 1.82) is 0 Å². The van der Waals surface area contributed by atoms with Crippen LogP contribution in [0.3, 0.4) is 0 Å². The lowest BCUT2D eigenvalue weighted by atomic mass is 10.2. The first-order valence-electron chi connectivity index (χ1n) is 9.34. The van der Waals surface area contributed by atoms with Gasteiger partial charge in [0.15, 0.2) is 0 Å². The number of anilines is 1. The predicted octanol–water partition coefficient (Wildman–Crippen LogP) is 3.02. The predicted molar refractivity (Wildman–Crippen MR) is 115 cm³/mol. The Morgan fingerprint density at radius 2 is 1.64 bits per heavy atom. The molecule has 3 rings (SSSR count). The number of nitrogens with one attached hydrogen (secondary N) is 1. The Morgan fingerprint density at radius 1 is 1.00 bits per heavy atom. The Morgan fingerprint density at radius 3 is 2.29 bits per heavy atom. The van der Waals surface area contributed by atoms with Crippen LogP contribution < -0.4 is 19.7 Å². The average molecular weight is 448 g/mol. The van der Waals surface area contributed by atoms with Crippen LogP contribution in [0.25, 0.3) is 0 Å². The minimum Gasteiger partial charge on any atom is -0.497 e. The molecule has 7 heteroatoms. The molecule has 0 atom stereocenters. The summed E-state index contributed by atoms with van der Waals surface area (Å²) in [6.07, 6.45) is 0. The lowest BCUT2D eigenvalue weighted by Crippen LogP contribution is -2.48. The maximum Gasteiger partial charge on any atom is 0.252 e. The van der Waals surface area contributed by atoms with Gasteiger partial charge in [-0.25, -0.2) is 0 Å². The van der Waals surface area contributed by atoms with Crippen LogP contribution in [0.15, 0.2) is 46.9 Å². The Kier molecular flexibility index (Phi) is 7.17. The van der Waals surface area contributed by atoms with Crippen molar-refractivity contribution in [2.75, 3.05) is 58.4 Å². The maximum absolute atomic E-state index is 12.4. The van der Waals surface area contributed by atoms with Crippen molar-refractivity contribution in [2.45, 2.75) is 0 Å². The van der Waals surface area contributed by atoms with Gasteiger partial charge in [-0.15, -0.1) is 0 Å². The third kappa shape index (κ3) is 5.17. The second kappa shape index (κ2) is 9.80. The molecule has 0 aromatic heterocycles. The van der Waals surface area contributed by atoms with Crippen molar-refractivity contribution in [3.63, 3.8) is 0 Å². The number of hydrogen-bond acceptors (Lipinski definition) is 5. The van der Waals surface area contributed by atoms with Gasteiger partial charge >= 0.3 is 0 Å². The smallest absolute Gasteiger partial charge is 0.252 e. The lowest BCUT2D eigenvalue weighted by Gasteiger charge is -2.36. The summed E-state index contributed by atoms with van der Waals surface area (Å²) in [4.78, 5) is 17.2. The van der Waals surface area contributed by atoms with E-state index in [2.05, 4.69) is 43.2 Å². The Hall–Kier alpha value is -2.25. The van der Waals surface area contributed by atoms with Crippen LogP contribution >= 0.6 is 15.9 Å². The second-order valence-electron chi connectivity index (χ2n) is 6.63. The normalized spacial score (nSPS) is 14.6. The summed E-state index contributed by atoms with van der Waals surface area (Å²) in [5.74, 6) is 1.45. The van der Waals surface area contributed by atoms with Crippen LogP contribution in [-0.2, 0) is 0 Å². The zero-order valence-electron chi connectivity index (χ0n) is 16.3. The van der Waals surface area contributed by atoms with Gasteiger partial charge in [-0.3, -0.25) is 9.69 Å². The van der Waals surface area contributed by atoms with Crippen LogP contribution in [0.5, 0.6) is 11.5 Å². The van der Waals surface area contributed by atoms with Gasteiger partial charge in [-0.2, -0.15) is 0 Å². The molecule has 1 aliphatic heterocycles. The van der Waals surface area contributed by atoms with Crippen LogP contribution in [-0.4, -0.2) is 64.3 Å². The molecular formula is C21H26BrN3O3. The minimum atomic E-state index is -0.0948. The Bertz CT molecular complexity index is 790. The van der Waals surface area contributed by atoms with Crippen LogP contribution in [0, 0.1) is 0 Å². The Labute approximate surface area is 174 Å². The molecule has 28 heavy (non-hydrogen) atoms. The van der Waals surface area contributed by atoms with Gasteiger partial charge in [0.05, 0.1) is 19.8 Å². The molecule has 2 aromatic carbocycles. The monoisotopic (exact) mass is 447 g/mol. The van der Waals surface area contributed by atoms with Gasteiger partial charge in [-0.05, 0) is 58.4 Å². The molecule has 1 saturated heterocycles. The molecule has 1 fully saturated rings. The highest BCUT2D eigenvalue weighted by Crippen LogP contribution is 2.22. The SMILES string of the molecule is COc1ccc(N2CCN(CCNC(=O)c3cc(OC)ccc3Br)CC2)cc1. The van der Waals surface area contributed by atoms with Crippen molar-refractivity contribution >= 4 is 27.5 Å².